The zero-order chi connectivity index (χ0) is 11.1. The topological polar surface area (TPSA) is 29.3 Å². The first-order valence-electron chi connectivity index (χ1n) is 6.45. The van der Waals surface area contributed by atoms with Crippen LogP contribution in [0, 0.1) is 17.3 Å². The molecule has 88 valence electrons. The first-order chi connectivity index (χ1) is 6.97. The molecule has 2 heteroatoms. The Morgan fingerprint density at radius 1 is 1.27 bits per heavy atom. The van der Waals surface area contributed by atoms with Crippen molar-refractivity contribution in [2.45, 2.75) is 46.1 Å². The van der Waals surface area contributed by atoms with E-state index in [4.69, 9.17) is 5.73 Å². The third kappa shape index (κ3) is 2.94. The molecule has 0 bridgehead atoms. The molecule has 0 aromatic carbocycles. The zero-order valence-electron chi connectivity index (χ0n) is 10.5. The molecule has 2 aliphatic rings. The van der Waals surface area contributed by atoms with Crippen LogP contribution in [0.2, 0.25) is 0 Å². The van der Waals surface area contributed by atoms with E-state index in [-0.39, 0.29) is 0 Å². The predicted octanol–water partition coefficient (Wildman–Crippen LogP) is 2.09. The molecule has 2 rings (SSSR count). The van der Waals surface area contributed by atoms with Crippen LogP contribution in [0.4, 0.5) is 0 Å². The molecule has 0 aromatic heterocycles. The number of nitrogens with zero attached hydrogens (tertiary/aromatic N) is 1. The summed E-state index contributed by atoms with van der Waals surface area (Å²) in [5, 5.41) is 0. The molecule has 0 amide bonds. The molecule has 2 atom stereocenters. The van der Waals surface area contributed by atoms with Crippen LogP contribution < -0.4 is 5.73 Å². The summed E-state index contributed by atoms with van der Waals surface area (Å²) in [5.41, 5.74) is 6.64. The summed E-state index contributed by atoms with van der Waals surface area (Å²) >= 11 is 0. The van der Waals surface area contributed by atoms with Crippen molar-refractivity contribution in [1.29, 1.82) is 0 Å². The van der Waals surface area contributed by atoms with Gasteiger partial charge in [-0.05, 0) is 43.1 Å². The third-order valence-electron chi connectivity index (χ3n) is 4.19. The van der Waals surface area contributed by atoms with Crippen LogP contribution in [-0.4, -0.2) is 30.6 Å². The second-order valence-electron chi connectivity index (χ2n) is 6.61. The average Bonchev–Trinajstić information content (AvgIpc) is 2.86. The van der Waals surface area contributed by atoms with Gasteiger partial charge in [-0.3, -0.25) is 0 Å². The van der Waals surface area contributed by atoms with Crippen molar-refractivity contribution in [2.75, 3.05) is 19.6 Å². The largest absolute Gasteiger partial charge is 0.326 e. The van der Waals surface area contributed by atoms with Crippen molar-refractivity contribution >= 4 is 0 Å². The Labute approximate surface area is 94.2 Å². The Hall–Kier alpha value is -0.0800. The Morgan fingerprint density at radius 3 is 2.40 bits per heavy atom. The monoisotopic (exact) mass is 210 g/mol. The Bertz CT molecular complexity index is 215. The van der Waals surface area contributed by atoms with Gasteiger partial charge in [0.25, 0.3) is 0 Å². The normalized spacial score (nSPS) is 30.8. The minimum absolute atomic E-state index is 0.448. The van der Waals surface area contributed by atoms with Gasteiger partial charge in [0.1, 0.15) is 0 Å². The van der Waals surface area contributed by atoms with Crippen LogP contribution in [-0.2, 0) is 0 Å². The fraction of sp³-hybridized carbons (Fsp3) is 1.00. The maximum Gasteiger partial charge on any atom is 0.0196 e. The fourth-order valence-corrected chi connectivity index (χ4v) is 2.68. The van der Waals surface area contributed by atoms with E-state index in [0.717, 1.165) is 18.4 Å². The molecule has 2 unspecified atom stereocenters. The highest BCUT2D eigenvalue weighted by Crippen LogP contribution is 2.35. The molecule has 1 heterocycles. The lowest BCUT2D eigenvalue weighted by atomic mass is 9.80. The van der Waals surface area contributed by atoms with Crippen molar-refractivity contribution in [3.63, 3.8) is 0 Å². The number of hydrogen-bond donors (Lipinski definition) is 1. The van der Waals surface area contributed by atoms with E-state index in [1.165, 1.54) is 32.4 Å². The molecule has 0 aromatic rings. The molecule has 15 heavy (non-hydrogen) atoms. The second-order valence-corrected chi connectivity index (χ2v) is 6.61. The van der Waals surface area contributed by atoms with Crippen LogP contribution in [0.25, 0.3) is 0 Å². The first-order valence-corrected chi connectivity index (χ1v) is 6.45. The average molecular weight is 210 g/mol. The number of rotatable bonds is 3. The Balaban J connectivity index is 1.77. The quantitative estimate of drug-likeness (QED) is 0.773. The smallest absolute Gasteiger partial charge is 0.0196 e. The molecular formula is C13H26N2. The van der Waals surface area contributed by atoms with Gasteiger partial charge in [0.2, 0.25) is 0 Å². The van der Waals surface area contributed by atoms with E-state index in [0.29, 0.717) is 11.5 Å². The van der Waals surface area contributed by atoms with E-state index >= 15 is 0 Å². The van der Waals surface area contributed by atoms with Crippen molar-refractivity contribution in [3.8, 4) is 0 Å². The Morgan fingerprint density at radius 2 is 1.93 bits per heavy atom. The summed E-state index contributed by atoms with van der Waals surface area (Å²) in [6.45, 7) is 10.8. The molecular weight excluding hydrogens is 184 g/mol. The lowest BCUT2D eigenvalue weighted by molar-refractivity contribution is 0.221. The molecule has 0 spiro atoms. The maximum absolute atomic E-state index is 6.17. The molecule has 0 radical (unpaired) electrons. The van der Waals surface area contributed by atoms with E-state index < -0.39 is 0 Å². The standard InChI is InChI=1S/C13H26N2/c1-13(2,3)11-6-7-15(8-11)9-12(14)10-4-5-10/h10-12H,4-9,14H2,1-3H3. The lowest BCUT2D eigenvalue weighted by Gasteiger charge is -2.27. The van der Waals surface area contributed by atoms with Gasteiger partial charge in [-0.15, -0.1) is 0 Å². The van der Waals surface area contributed by atoms with Gasteiger partial charge in [-0.1, -0.05) is 20.8 Å². The van der Waals surface area contributed by atoms with Crippen LogP contribution in [0.5, 0.6) is 0 Å². The molecule has 1 saturated carbocycles. The molecule has 2 N–H and O–H groups in total. The molecule has 2 nitrogen and oxygen atoms in total. The van der Waals surface area contributed by atoms with Crippen molar-refractivity contribution in [3.05, 3.63) is 0 Å². The first kappa shape index (κ1) is 11.4. The second kappa shape index (κ2) is 4.06. The summed E-state index contributed by atoms with van der Waals surface area (Å²) in [7, 11) is 0. The highest BCUT2D eigenvalue weighted by molar-refractivity contribution is 4.90. The van der Waals surface area contributed by atoms with Gasteiger partial charge < -0.3 is 10.6 Å². The highest BCUT2D eigenvalue weighted by Gasteiger charge is 2.35. The summed E-state index contributed by atoms with van der Waals surface area (Å²) in [4.78, 5) is 2.58. The molecule has 2 fully saturated rings. The number of hydrogen-bond acceptors (Lipinski definition) is 2. The summed E-state index contributed by atoms with van der Waals surface area (Å²) in [5.74, 6) is 1.71. The Kier molecular flexibility index (Phi) is 3.09. The zero-order valence-corrected chi connectivity index (χ0v) is 10.5. The van der Waals surface area contributed by atoms with Gasteiger partial charge in [0.05, 0.1) is 0 Å². The van der Waals surface area contributed by atoms with E-state index in [1.807, 2.05) is 0 Å². The summed E-state index contributed by atoms with van der Waals surface area (Å²) < 4.78 is 0. The predicted molar refractivity (Wildman–Crippen MR) is 64.7 cm³/mol. The van der Waals surface area contributed by atoms with Crippen LogP contribution in [0.3, 0.4) is 0 Å². The van der Waals surface area contributed by atoms with Gasteiger partial charge >= 0.3 is 0 Å². The molecule has 1 saturated heterocycles. The van der Waals surface area contributed by atoms with E-state index in [1.54, 1.807) is 0 Å². The molecule has 1 aliphatic carbocycles. The van der Waals surface area contributed by atoms with Gasteiger partial charge in [0, 0.05) is 19.1 Å². The number of likely N-dealkylation sites (tertiary alicyclic amines) is 1. The SMILES string of the molecule is CC(C)(C)C1CCN(CC(N)C2CC2)C1. The minimum atomic E-state index is 0.448. The third-order valence-corrected chi connectivity index (χ3v) is 4.19. The van der Waals surface area contributed by atoms with E-state index in [9.17, 15) is 0 Å². The maximum atomic E-state index is 6.17. The van der Waals surface area contributed by atoms with Gasteiger partial charge in [-0.25, -0.2) is 0 Å². The molecule has 1 aliphatic heterocycles. The van der Waals surface area contributed by atoms with Crippen molar-refractivity contribution in [1.82, 2.24) is 4.90 Å². The van der Waals surface area contributed by atoms with Crippen LogP contribution >= 0.6 is 0 Å². The fourth-order valence-electron chi connectivity index (χ4n) is 2.68. The van der Waals surface area contributed by atoms with Crippen LogP contribution in [0.15, 0.2) is 0 Å². The summed E-state index contributed by atoms with van der Waals surface area (Å²) in [6.07, 6.45) is 4.11. The summed E-state index contributed by atoms with van der Waals surface area (Å²) in [6, 6.07) is 0.448. The van der Waals surface area contributed by atoms with E-state index in [2.05, 4.69) is 25.7 Å². The van der Waals surface area contributed by atoms with Gasteiger partial charge in [-0.2, -0.15) is 0 Å². The van der Waals surface area contributed by atoms with Crippen LogP contribution in [0.1, 0.15) is 40.0 Å². The van der Waals surface area contributed by atoms with Gasteiger partial charge in [0.15, 0.2) is 0 Å². The number of nitrogens with two attached hydrogens (primary N) is 1. The van der Waals surface area contributed by atoms with Crippen molar-refractivity contribution in [2.24, 2.45) is 23.0 Å². The van der Waals surface area contributed by atoms with Crippen molar-refractivity contribution < 1.29 is 0 Å². The lowest BCUT2D eigenvalue weighted by Crippen LogP contribution is -2.38. The minimum Gasteiger partial charge on any atom is -0.326 e. The highest BCUT2D eigenvalue weighted by atomic mass is 15.2.